The lowest BCUT2D eigenvalue weighted by molar-refractivity contribution is 0.0850. The van der Waals surface area contributed by atoms with Gasteiger partial charge in [0.1, 0.15) is 24.2 Å². The zero-order valence-corrected chi connectivity index (χ0v) is 14.9. The Bertz CT molecular complexity index is 833. The van der Waals surface area contributed by atoms with Crippen LogP contribution in [0.25, 0.3) is 11.4 Å². The monoisotopic (exact) mass is 354 g/mol. The number of aryl methyl sites for hydroxylation is 1. The molecule has 0 spiro atoms. The number of ether oxygens (including phenoxy) is 2. The van der Waals surface area contributed by atoms with Crippen LogP contribution in [-0.2, 0) is 13.0 Å². The van der Waals surface area contributed by atoms with E-state index in [4.69, 9.17) is 9.47 Å². The molecule has 136 valence electrons. The van der Waals surface area contributed by atoms with Crippen LogP contribution in [0.2, 0.25) is 0 Å². The number of nitrogens with zero attached hydrogens (tertiary/aromatic N) is 4. The Hall–Kier alpha value is -2.93. The molecular formula is C19H22N4O3. The molecular weight excluding hydrogens is 332 g/mol. The summed E-state index contributed by atoms with van der Waals surface area (Å²) in [4.78, 5) is 1.36. The number of benzene rings is 2. The van der Waals surface area contributed by atoms with Crippen LogP contribution in [-0.4, -0.2) is 45.1 Å². The van der Waals surface area contributed by atoms with Gasteiger partial charge in [0.05, 0.1) is 13.7 Å². The highest BCUT2D eigenvalue weighted by molar-refractivity contribution is 5.56. The van der Waals surface area contributed by atoms with E-state index in [1.54, 1.807) is 7.11 Å². The molecule has 1 heterocycles. The quantitative estimate of drug-likeness (QED) is 0.669. The van der Waals surface area contributed by atoms with E-state index in [1.165, 1.54) is 10.4 Å². The van der Waals surface area contributed by atoms with Crippen LogP contribution in [0.3, 0.4) is 0 Å². The molecule has 0 saturated heterocycles. The summed E-state index contributed by atoms with van der Waals surface area (Å²) in [7, 11) is 1.61. The summed E-state index contributed by atoms with van der Waals surface area (Å²) in [6.07, 6.45) is 0.240. The number of rotatable bonds is 8. The van der Waals surface area contributed by atoms with Crippen molar-refractivity contribution >= 4 is 0 Å². The highest BCUT2D eigenvalue weighted by atomic mass is 16.5. The molecule has 7 nitrogen and oxygen atoms in total. The Morgan fingerprint density at radius 2 is 1.92 bits per heavy atom. The van der Waals surface area contributed by atoms with Crippen LogP contribution < -0.4 is 9.47 Å². The van der Waals surface area contributed by atoms with E-state index in [9.17, 15) is 5.11 Å². The molecule has 1 aromatic heterocycles. The Morgan fingerprint density at radius 3 is 2.65 bits per heavy atom. The van der Waals surface area contributed by atoms with Crippen molar-refractivity contribution in [2.75, 3.05) is 13.7 Å². The van der Waals surface area contributed by atoms with Crippen LogP contribution in [0.5, 0.6) is 11.5 Å². The van der Waals surface area contributed by atoms with Gasteiger partial charge in [0.2, 0.25) is 5.82 Å². The van der Waals surface area contributed by atoms with Gasteiger partial charge < -0.3 is 14.6 Å². The Balaban J connectivity index is 1.56. The van der Waals surface area contributed by atoms with Gasteiger partial charge >= 0.3 is 0 Å². The molecule has 0 fully saturated rings. The maximum atomic E-state index is 10.2. The number of aromatic nitrogens is 4. The molecule has 3 aromatic rings. The molecule has 7 heteroatoms. The molecule has 1 N–H and O–H groups in total. The molecule has 0 bridgehead atoms. The van der Waals surface area contributed by atoms with E-state index >= 15 is 0 Å². The fraction of sp³-hybridized carbons (Fsp3) is 0.316. The minimum absolute atomic E-state index is 0.154. The molecule has 0 radical (unpaired) electrons. The molecule has 0 aliphatic carbocycles. The topological polar surface area (TPSA) is 82.3 Å². The number of methoxy groups -OCH3 is 1. The average molecular weight is 354 g/mol. The van der Waals surface area contributed by atoms with Gasteiger partial charge in [-0.3, -0.25) is 0 Å². The molecule has 1 unspecified atom stereocenters. The van der Waals surface area contributed by atoms with Crippen LogP contribution in [0, 0.1) is 0 Å². The van der Waals surface area contributed by atoms with Gasteiger partial charge in [0, 0.05) is 5.56 Å². The third kappa shape index (κ3) is 4.58. The second-order valence-corrected chi connectivity index (χ2v) is 5.86. The maximum Gasteiger partial charge on any atom is 0.205 e. The Kier molecular flexibility index (Phi) is 5.80. The molecule has 0 amide bonds. The van der Waals surface area contributed by atoms with E-state index in [-0.39, 0.29) is 13.2 Å². The van der Waals surface area contributed by atoms with Crippen molar-refractivity contribution in [1.29, 1.82) is 0 Å². The summed E-state index contributed by atoms with van der Waals surface area (Å²) < 4.78 is 10.8. The average Bonchev–Trinajstić information content (AvgIpc) is 3.15. The van der Waals surface area contributed by atoms with Crippen molar-refractivity contribution in [3.8, 4) is 22.9 Å². The summed E-state index contributed by atoms with van der Waals surface area (Å²) in [5.74, 6) is 1.93. The lowest BCUT2D eigenvalue weighted by atomic mass is 10.2. The maximum absolute atomic E-state index is 10.2. The number of tetrazole rings is 1. The number of hydrogen-bond acceptors (Lipinski definition) is 6. The summed E-state index contributed by atoms with van der Waals surface area (Å²) in [5.41, 5.74) is 2.05. The van der Waals surface area contributed by atoms with Crippen LogP contribution in [0.15, 0.2) is 48.5 Å². The SMILES string of the molecule is CCc1ccc(OCC(O)Cn2nnc(-c3cccc(OC)c3)n2)cc1. The lowest BCUT2D eigenvalue weighted by Crippen LogP contribution is -2.25. The first kappa shape index (κ1) is 17.9. The molecule has 2 aromatic carbocycles. The third-order valence-corrected chi connectivity index (χ3v) is 3.93. The van der Waals surface area contributed by atoms with Gasteiger partial charge in [-0.05, 0) is 41.5 Å². The predicted molar refractivity (Wildman–Crippen MR) is 97.1 cm³/mol. The minimum atomic E-state index is -0.742. The molecule has 26 heavy (non-hydrogen) atoms. The fourth-order valence-corrected chi connectivity index (χ4v) is 2.45. The lowest BCUT2D eigenvalue weighted by Gasteiger charge is -2.11. The first-order chi connectivity index (χ1) is 12.7. The number of hydrogen-bond donors (Lipinski definition) is 1. The molecule has 0 saturated carbocycles. The van der Waals surface area contributed by atoms with Gasteiger partial charge in [-0.25, -0.2) is 0 Å². The third-order valence-electron chi connectivity index (χ3n) is 3.93. The zero-order chi connectivity index (χ0) is 18.4. The van der Waals surface area contributed by atoms with E-state index in [0.29, 0.717) is 5.82 Å². The smallest absolute Gasteiger partial charge is 0.205 e. The van der Waals surface area contributed by atoms with Gasteiger partial charge in [0.25, 0.3) is 0 Å². The highest BCUT2D eigenvalue weighted by Crippen LogP contribution is 2.20. The number of aliphatic hydroxyl groups is 1. The van der Waals surface area contributed by atoms with Crippen molar-refractivity contribution in [2.45, 2.75) is 26.0 Å². The van der Waals surface area contributed by atoms with Gasteiger partial charge in [-0.2, -0.15) is 4.80 Å². The van der Waals surface area contributed by atoms with E-state index < -0.39 is 6.10 Å². The van der Waals surface area contributed by atoms with Crippen molar-refractivity contribution in [3.05, 3.63) is 54.1 Å². The minimum Gasteiger partial charge on any atom is -0.497 e. The first-order valence-corrected chi connectivity index (χ1v) is 8.50. The van der Waals surface area contributed by atoms with Crippen LogP contribution >= 0.6 is 0 Å². The van der Waals surface area contributed by atoms with E-state index in [2.05, 4.69) is 22.3 Å². The van der Waals surface area contributed by atoms with Crippen molar-refractivity contribution < 1.29 is 14.6 Å². The first-order valence-electron chi connectivity index (χ1n) is 8.50. The second kappa shape index (κ2) is 8.44. The van der Waals surface area contributed by atoms with Gasteiger partial charge in [0.15, 0.2) is 0 Å². The standard InChI is InChI=1S/C19H22N4O3/c1-3-14-7-9-17(10-8-14)26-13-16(24)12-23-21-19(20-22-23)15-5-4-6-18(11-15)25-2/h4-11,16,24H,3,12-13H2,1-2H3. The zero-order valence-electron chi connectivity index (χ0n) is 14.9. The second-order valence-electron chi connectivity index (χ2n) is 5.86. The summed E-state index contributed by atoms with van der Waals surface area (Å²) >= 11 is 0. The molecule has 1 atom stereocenters. The Labute approximate surface area is 152 Å². The summed E-state index contributed by atoms with van der Waals surface area (Å²) in [6, 6.07) is 15.3. The van der Waals surface area contributed by atoms with Crippen molar-refractivity contribution in [2.24, 2.45) is 0 Å². The van der Waals surface area contributed by atoms with Crippen molar-refractivity contribution in [1.82, 2.24) is 20.2 Å². The predicted octanol–water partition coefficient (Wildman–Crippen LogP) is 2.35. The van der Waals surface area contributed by atoms with Crippen LogP contribution in [0.1, 0.15) is 12.5 Å². The molecule has 3 rings (SSSR count). The Morgan fingerprint density at radius 1 is 1.12 bits per heavy atom. The molecule has 0 aliphatic rings. The van der Waals surface area contributed by atoms with E-state index in [0.717, 1.165) is 23.5 Å². The highest BCUT2D eigenvalue weighted by Gasteiger charge is 2.11. The van der Waals surface area contributed by atoms with Gasteiger partial charge in [-0.1, -0.05) is 31.2 Å². The summed E-state index contributed by atoms with van der Waals surface area (Å²) in [5, 5.41) is 22.5. The normalized spacial score (nSPS) is 12.0. The fourth-order valence-electron chi connectivity index (χ4n) is 2.45. The number of aliphatic hydroxyl groups excluding tert-OH is 1. The van der Waals surface area contributed by atoms with Crippen LogP contribution in [0.4, 0.5) is 0 Å². The van der Waals surface area contributed by atoms with Gasteiger partial charge in [-0.15, -0.1) is 10.2 Å². The largest absolute Gasteiger partial charge is 0.497 e. The van der Waals surface area contributed by atoms with Crippen molar-refractivity contribution in [3.63, 3.8) is 0 Å². The molecule has 0 aliphatic heterocycles. The summed E-state index contributed by atoms with van der Waals surface area (Å²) in [6.45, 7) is 2.45. The van der Waals surface area contributed by atoms with E-state index in [1.807, 2.05) is 48.5 Å².